The van der Waals surface area contributed by atoms with Gasteiger partial charge in [0.15, 0.2) is 0 Å². The molecule has 1 amide bonds. The minimum absolute atomic E-state index is 0.112. The van der Waals surface area contributed by atoms with E-state index in [1.807, 2.05) is 36.4 Å². The van der Waals surface area contributed by atoms with E-state index in [0.29, 0.717) is 54.9 Å². The molecule has 0 unspecified atom stereocenters. The smallest absolute Gasteiger partial charge is 0.251 e. The number of hydrogen-bond acceptors (Lipinski definition) is 6. The van der Waals surface area contributed by atoms with E-state index in [9.17, 15) is 4.79 Å². The van der Waals surface area contributed by atoms with Gasteiger partial charge in [0, 0.05) is 29.8 Å². The number of aromatic nitrogens is 2. The highest BCUT2D eigenvalue weighted by molar-refractivity contribution is 5.94. The first-order valence-corrected chi connectivity index (χ1v) is 9.53. The largest absolute Gasteiger partial charge is 0.490 e. The molecule has 0 atom stereocenters. The van der Waals surface area contributed by atoms with E-state index in [4.69, 9.17) is 20.2 Å². The van der Waals surface area contributed by atoms with Gasteiger partial charge in [0.1, 0.15) is 23.9 Å². The Morgan fingerprint density at radius 3 is 2.62 bits per heavy atom. The molecule has 0 saturated heterocycles. The third-order valence-electron chi connectivity index (χ3n) is 4.62. The molecule has 3 aromatic rings. The van der Waals surface area contributed by atoms with E-state index in [1.54, 1.807) is 18.3 Å². The summed E-state index contributed by atoms with van der Waals surface area (Å²) in [6, 6.07) is 14.9. The molecule has 4 bridgehead atoms. The Balaban J connectivity index is 1.75. The Hall–Kier alpha value is -3.45. The standard InChI is InChI=1S/C22H22N4O3/c23-21-20-17-4-1-2-5-19(17)29-13-12-28-11-3-10-24-22(27)16-8-6-15(7-9-16)18(26-20)14-25-21/h1-2,4-9,14H,3,10-13H2,(H2,23,25)(H,24,27). The van der Waals surface area contributed by atoms with Gasteiger partial charge in [0.25, 0.3) is 5.91 Å². The Labute approximate surface area is 168 Å². The topological polar surface area (TPSA) is 99.4 Å². The van der Waals surface area contributed by atoms with Crippen LogP contribution in [0.15, 0.2) is 54.7 Å². The van der Waals surface area contributed by atoms with Crippen molar-refractivity contribution in [3.63, 3.8) is 0 Å². The van der Waals surface area contributed by atoms with Gasteiger partial charge >= 0.3 is 0 Å². The zero-order valence-electron chi connectivity index (χ0n) is 15.9. The molecule has 7 heteroatoms. The minimum Gasteiger partial charge on any atom is -0.490 e. The second-order valence-electron chi connectivity index (χ2n) is 6.63. The van der Waals surface area contributed by atoms with E-state index in [1.165, 1.54) is 0 Å². The van der Waals surface area contributed by atoms with Gasteiger partial charge in [-0.2, -0.15) is 0 Å². The van der Waals surface area contributed by atoms with Crippen molar-refractivity contribution in [1.82, 2.24) is 15.3 Å². The van der Waals surface area contributed by atoms with Crippen molar-refractivity contribution in [2.24, 2.45) is 0 Å². The first-order chi connectivity index (χ1) is 14.2. The molecule has 7 nitrogen and oxygen atoms in total. The van der Waals surface area contributed by atoms with Crippen LogP contribution >= 0.6 is 0 Å². The Morgan fingerprint density at radius 1 is 0.966 bits per heavy atom. The molecular formula is C22H22N4O3. The number of ether oxygens (including phenoxy) is 2. The molecule has 3 N–H and O–H groups in total. The molecule has 2 aliphatic rings. The maximum Gasteiger partial charge on any atom is 0.251 e. The molecule has 1 aromatic heterocycles. The number of hydrogen-bond donors (Lipinski definition) is 2. The van der Waals surface area contributed by atoms with Gasteiger partial charge in [-0.15, -0.1) is 0 Å². The summed E-state index contributed by atoms with van der Waals surface area (Å²) >= 11 is 0. The summed E-state index contributed by atoms with van der Waals surface area (Å²) in [6.07, 6.45) is 2.36. The lowest BCUT2D eigenvalue weighted by atomic mass is 10.1. The second-order valence-corrected chi connectivity index (χ2v) is 6.63. The van der Waals surface area contributed by atoms with Gasteiger partial charge < -0.3 is 20.5 Å². The molecule has 2 aromatic carbocycles. The fourth-order valence-corrected chi connectivity index (χ4v) is 3.11. The summed E-state index contributed by atoms with van der Waals surface area (Å²) in [5, 5.41) is 2.90. The van der Waals surface area contributed by atoms with E-state index in [2.05, 4.69) is 10.3 Å². The number of para-hydroxylation sites is 1. The molecule has 0 aliphatic carbocycles. The number of anilines is 1. The quantitative estimate of drug-likeness (QED) is 0.612. The number of carbonyl (C=O) groups excluding carboxylic acids is 1. The summed E-state index contributed by atoms with van der Waals surface area (Å²) in [6.45, 7) is 1.95. The first-order valence-electron chi connectivity index (χ1n) is 9.53. The number of fused-ring (bicyclic) bond motifs is 10. The zero-order chi connectivity index (χ0) is 20.1. The van der Waals surface area contributed by atoms with Crippen molar-refractivity contribution in [3.8, 4) is 28.3 Å². The van der Waals surface area contributed by atoms with Crippen LogP contribution in [0.25, 0.3) is 22.5 Å². The molecular weight excluding hydrogens is 368 g/mol. The lowest BCUT2D eigenvalue weighted by Crippen LogP contribution is -2.25. The third-order valence-corrected chi connectivity index (χ3v) is 4.62. The monoisotopic (exact) mass is 390 g/mol. The van der Waals surface area contributed by atoms with Gasteiger partial charge in [0.2, 0.25) is 0 Å². The molecule has 2 aliphatic heterocycles. The number of nitrogen functional groups attached to an aromatic ring is 1. The average molecular weight is 390 g/mol. The van der Waals surface area contributed by atoms with Crippen molar-refractivity contribution in [3.05, 3.63) is 60.3 Å². The number of carbonyl (C=O) groups is 1. The molecule has 29 heavy (non-hydrogen) atoms. The SMILES string of the molecule is Nc1ncc2nc1-c1ccccc1OCCOCCCNC(=O)c1ccc-2cc1. The lowest BCUT2D eigenvalue weighted by molar-refractivity contribution is 0.0906. The number of benzene rings is 2. The minimum atomic E-state index is -0.112. The fraction of sp³-hybridized carbons (Fsp3) is 0.227. The van der Waals surface area contributed by atoms with E-state index in [0.717, 1.165) is 17.5 Å². The Bertz CT molecular complexity index is 1010. The lowest BCUT2D eigenvalue weighted by Gasteiger charge is -2.14. The highest BCUT2D eigenvalue weighted by atomic mass is 16.5. The predicted molar refractivity (Wildman–Crippen MR) is 111 cm³/mol. The van der Waals surface area contributed by atoms with Gasteiger partial charge in [-0.1, -0.05) is 24.3 Å². The van der Waals surface area contributed by atoms with Crippen molar-refractivity contribution < 1.29 is 14.3 Å². The number of rotatable bonds is 0. The second kappa shape index (κ2) is 8.70. The van der Waals surface area contributed by atoms with Crippen molar-refractivity contribution in [1.29, 1.82) is 0 Å². The Kier molecular flexibility index (Phi) is 5.67. The zero-order valence-corrected chi connectivity index (χ0v) is 15.9. The molecule has 0 spiro atoms. The fourth-order valence-electron chi connectivity index (χ4n) is 3.11. The van der Waals surface area contributed by atoms with Crippen molar-refractivity contribution >= 4 is 11.7 Å². The number of amides is 1. The molecule has 0 radical (unpaired) electrons. The summed E-state index contributed by atoms with van der Waals surface area (Å²) in [4.78, 5) is 21.3. The highest BCUT2D eigenvalue weighted by Crippen LogP contribution is 2.33. The maximum atomic E-state index is 12.3. The van der Waals surface area contributed by atoms with Gasteiger partial charge in [-0.05, 0) is 30.7 Å². The summed E-state index contributed by atoms with van der Waals surface area (Å²) in [5.74, 6) is 0.892. The third kappa shape index (κ3) is 4.35. The normalized spacial score (nSPS) is 14.8. The first kappa shape index (κ1) is 18.9. The molecule has 5 rings (SSSR count). The van der Waals surface area contributed by atoms with Crippen molar-refractivity contribution in [2.45, 2.75) is 6.42 Å². The van der Waals surface area contributed by atoms with Gasteiger partial charge in [0.05, 0.1) is 18.5 Å². The number of nitrogens with two attached hydrogens (primary N) is 1. The maximum absolute atomic E-state index is 12.3. The van der Waals surface area contributed by atoms with Crippen LogP contribution < -0.4 is 15.8 Å². The Morgan fingerprint density at radius 2 is 1.76 bits per heavy atom. The van der Waals surface area contributed by atoms with Gasteiger partial charge in [-0.3, -0.25) is 4.79 Å². The number of nitrogens with one attached hydrogen (secondary N) is 1. The van der Waals surface area contributed by atoms with Crippen LogP contribution in [-0.4, -0.2) is 42.2 Å². The van der Waals surface area contributed by atoms with Crippen LogP contribution in [0.2, 0.25) is 0 Å². The van der Waals surface area contributed by atoms with Crippen LogP contribution in [-0.2, 0) is 4.74 Å². The molecule has 0 saturated carbocycles. The van der Waals surface area contributed by atoms with Crippen LogP contribution in [0, 0.1) is 0 Å². The van der Waals surface area contributed by atoms with E-state index >= 15 is 0 Å². The highest BCUT2D eigenvalue weighted by Gasteiger charge is 2.14. The van der Waals surface area contributed by atoms with E-state index < -0.39 is 0 Å². The predicted octanol–water partition coefficient (Wildman–Crippen LogP) is 2.92. The summed E-state index contributed by atoms with van der Waals surface area (Å²) < 4.78 is 11.5. The molecule has 3 heterocycles. The average Bonchev–Trinajstić information content (AvgIpc) is 2.76. The summed E-state index contributed by atoms with van der Waals surface area (Å²) in [7, 11) is 0. The van der Waals surface area contributed by atoms with Crippen LogP contribution in [0.5, 0.6) is 5.75 Å². The molecule has 0 fully saturated rings. The van der Waals surface area contributed by atoms with Crippen LogP contribution in [0.4, 0.5) is 5.82 Å². The summed E-state index contributed by atoms with van der Waals surface area (Å²) in [5.41, 5.74) is 9.57. The van der Waals surface area contributed by atoms with Crippen molar-refractivity contribution in [2.75, 3.05) is 32.1 Å². The van der Waals surface area contributed by atoms with Crippen LogP contribution in [0.3, 0.4) is 0 Å². The number of nitrogens with zero attached hydrogens (tertiary/aromatic N) is 2. The molecule has 148 valence electrons. The van der Waals surface area contributed by atoms with Crippen LogP contribution in [0.1, 0.15) is 16.8 Å². The van der Waals surface area contributed by atoms with E-state index in [-0.39, 0.29) is 5.91 Å². The van der Waals surface area contributed by atoms with Gasteiger partial charge in [-0.25, -0.2) is 9.97 Å².